The monoisotopic (exact) mass is 596 g/mol. The molecule has 3 aromatic carbocycles. The molecule has 0 unspecified atom stereocenters. The van der Waals surface area contributed by atoms with Crippen LogP contribution in [0.5, 0.6) is 5.75 Å². The average Bonchev–Trinajstić information content (AvgIpc) is 3.19. The number of rotatable bonds is 7. The summed E-state index contributed by atoms with van der Waals surface area (Å²) in [6, 6.07) is 19.2. The Balaban J connectivity index is 1.50. The van der Waals surface area contributed by atoms with Gasteiger partial charge in [0, 0.05) is 23.7 Å². The first-order valence-corrected chi connectivity index (χ1v) is 12.0. The number of ether oxygens (including phenoxy) is 2. The standard InChI is InChI=1S/C26H18Br2N2O5/c1-15(31)29-19-9-7-18(8-10-19)25-30-22(26(33)35-25)13-16-11-20(27)24(21(28)12-16)34-14-23(32)17-5-3-2-4-6-17/h2-13H,14H2,1H3,(H,29,31)/b22-13-. The molecule has 0 atom stereocenters. The number of carbonyl (C=O) groups excluding carboxylic acids is 3. The van der Waals surface area contributed by atoms with Gasteiger partial charge in [-0.25, -0.2) is 9.79 Å². The van der Waals surface area contributed by atoms with Crippen molar-refractivity contribution in [3.05, 3.63) is 98.1 Å². The number of esters is 1. The minimum Gasteiger partial charge on any atom is -0.483 e. The second kappa shape index (κ2) is 10.8. The topological polar surface area (TPSA) is 94.1 Å². The molecule has 0 fully saturated rings. The Kier molecular flexibility index (Phi) is 7.57. The number of aliphatic imine (C=N–C) groups is 1. The first-order chi connectivity index (χ1) is 16.8. The van der Waals surface area contributed by atoms with E-state index >= 15 is 0 Å². The third-order valence-electron chi connectivity index (χ3n) is 4.84. The molecule has 0 aromatic heterocycles. The number of carbonyl (C=O) groups is 3. The lowest BCUT2D eigenvalue weighted by molar-refractivity contribution is -0.129. The van der Waals surface area contributed by atoms with Crippen LogP contribution in [0.1, 0.15) is 28.4 Å². The van der Waals surface area contributed by atoms with Crippen LogP contribution in [0, 0.1) is 0 Å². The Bertz CT molecular complexity index is 1340. The maximum absolute atomic E-state index is 12.4. The highest BCUT2D eigenvalue weighted by atomic mass is 79.9. The van der Waals surface area contributed by atoms with Crippen molar-refractivity contribution in [3.8, 4) is 5.75 Å². The molecular formula is C26H18Br2N2O5. The molecule has 0 saturated carbocycles. The van der Waals surface area contributed by atoms with Gasteiger partial charge in [-0.3, -0.25) is 9.59 Å². The number of halogens is 2. The fraction of sp³-hybridized carbons (Fsp3) is 0.0769. The van der Waals surface area contributed by atoms with Crippen molar-refractivity contribution < 1.29 is 23.9 Å². The van der Waals surface area contributed by atoms with Crippen LogP contribution < -0.4 is 10.1 Å². The lowest BCUT2D eigenvalue weighted by Gasteiger charge is -2.11. The van der Waals surface area contributed by atoms with Gasteiger partial charge < -0.3 is 14.8 Å². The minimum atomic E-state index is -0.577. The van der Waals surface area contributed by atoms with Crippen LogP contribution in [0.4, 0.5) is 5.69 Å². The van der Waals surface area contributed by atoms with E-state index in [1.54, 1.807) is 66.7 Å². The fourth-order valence-electron chi connectivity index (χ4n) is 3.24. The lowest BCUT2D eigenvalue weighted by Crippen LogP contribution is -2.12. The van der Waals surface area contributed by atoms with Gasteiger partial charge in [-0.15, -0.1) is 0 Å². The van der Waals surface area contributed by atoms with Crippen molar-refractivity contribution in [2.24, 2.45) is 4.99 Å². The first-order valence-electron chi connectivity index (χ1n) is 10.4. The zero-order chi connectivity index (χ0) is 24.9. The number of nitrogens with one attached hydrogen (secondary N) is 1. The number of ketones is 1. The van der Waals surface area contributed by atoms with Gasteiger partial charge in [0.15, 0.2) is 18.1 Å². The molecule has 0 saturated heterocycles. The molecule has 1 N–H and O–H groups in total. The van der Waals surface area contributed by atoms with E-state index in [0.29, 0.717) is 37.1 Å². The number of Topliss-reactive ketones (excluding diaryl/α,β-unsaturated/α-hetero) is 1. The van der Waals surface area contributed by atoms with Crippen molar-refractivity contribution in [2.75, 3.05) is 11.9 Å². The Morgan fingerprint density at radius 2 is 1.69 bits per heavy atom. The number of benzene rings is 3. The Morgan fingerprint density at radius 1 is 1.03 bits per heavy atom. The van der Waals surface area contributed by atoms with Crippen LogP contribution in [-0.4, -0.2) is 30.2 Å². The molecule has 0 radical (unpaired) electrons. The highest BCUT2D eigenvalue weighted by molar-refractivity contribution is 9.11. The van der Waals surface area contributed by atoms with Crippen molar-refractivity contribution in [2.45, 2.75) is 6.92 Å². The van der Waals surface area contributed by atoms with Gasteiger partial charge >= 0.3 is 5.97 Å². The van der Waals surface area contributed by atoms with E-state index in [1.807, 2.05) is 6.07 Å². The highest BCUT2D eigenvalue weighted by Gasteiger charge is 2.24. The molecule has 7 nitrogen and oxygen atoms in total. The molecule has 1 amide bonds. The van der Waals surface area contributed by atoms with Crippen molar-refractivity contribution in [1.29, 1.82) is 0 Å². The van der Waals surface area contributed by atoms with Crippen molar-refractivity contribution in [3.63, 3.8) is 0 Å². The Hall–Kier alpha value is -3.56. The van der Waals surface area contributed by atoms with E-state index in [9.17, 15) is 14.4 Å². The summed E-state index contributed by atoms with van der Waals surface area (Å²) < 4.78 is 12.2. The maximum atomic E-state index is 12.4. The molecular weight excluding hydrogens is 580 g/mol. The van der Waals surface area contributed by atoms with E-state index in [0.717, 1.165) is 0 Å². The van der Waals surface area contributed by atoms with Crippen LogP contribution in [-0.2, 0) is 14.3 Å². The van der Waals surface area contributed by atoms with Gasteiger partial charge in [-0.05, 0) is 79.9 Å². The first kappa shape index (κ1) is 24.6. The third kappa shape index (κ3) is 6.12. The number of cyclic esters (lactones) is 1. The number of anilines is 1. The third-order valence-corrected chi connectivity index (χ3v) is 6.02. The summed E-state index contributed by atoms with van der Waals surface area (Å²) in [6.45, 7) is 1.30. The summed E-state index contributed by atoms with van der Waals surface area (Å²) in [6.07, 6.45) is 1.59. The predicted molar refractivity (Wildman–Crippen MR) is 139 cm³/mol. The van der Waals surface area contributed by atoms with Crippen molar-refractivity contribution in [1.82, 2.24) is 0 Å². The molecule has 4 rings (SSSR count). The number of amides is 1. The van der Waals surface area contributed by atoms with Gasteiger partial charge in [0.2, 0.25) is 11.8 Å². The summed E-state index contributed by atoms with van der Waals surface area (Å²) >= 11 is 6.93. The second-order valence-corrected chi connectivity index (χ2v) is 9.19. The van der Waals surface area contributed by atoms with Gasteiger partial charge in [-0.1, -0.05) is 30.3 Å². The molecule has 176 valence electrons. The number of nitrogens with zero attached hydrogens (tertiary/aromatic N) is 1. The summed E-state index contributed by atoms with van der Waals surface area (Å²) in [5.74, 6) is -0.255. The van der Waals surface area contributed by atoms with Gasteiger partial charge in [0.05, 0.1) is 8.95 Å². The van der Waals surface area contributed by atoms with E-state index < -0.39 is 5.97 Å². The summed E-state index contributed by atoms with van der Waals surface area (Å²) in [4.78, 5) is 40.2. The molecule has 1 aliphatic rings. The molecule has 9 heteroatoms. The normalized spacial score (nSPS) is 13.9. The zero-order valence-electron chi connectivity index (χ0n) is 18.4. The molecule has 3 aromatic rings. The highest BCUT2D eigenvalue weighted by Crippen LogP contribution is 2.36. The minimum absolute atomic E-state index is 0.123. The van der Waals surface area contributed by atoms with Gasteiger partial charge in [-0.2, -0.15) is 0 Å². The van der Waals surface area contributed by atoms with Crippen LogP contribution in [0.15, 0.2) is 86.4 Å². The average molecular weight is 598 g/mol. The summed E-state index contributed by atoms with van der Waals surface area (Å²) in [7, 11) is 0. The second-order valence-electron chi connectivity index (χ2n) is 7.49. The van der Waals surface area contributed by atoms with E-state index in [-0.39, 0.29) is 29.9 Å². The van der Waals surface area contributed by atoms with Crippen LogP contribution >= 0.6 is 31.9 Å². The number of hydrogen-bond donors (Lipinski definition) is 1. The van der Waals surface area contributed by atoms with Gasteiger partial charge in [0.25, 0.3) is 0 Å². The molecule has 0 spiro atoms. The smallest absolute Gasteiger partial charge is 0.363 e. The van der Waals surface area contributed by atoms with Crippen molar-refractivity contribution >= 4 is 67.2 Å². The molecule has 35 heavy (non-hydrogen) atoms. The molecule has 1 heterocycles. The van der Waals surface area contributed by atoms with Crippen LogP contribution in [0.2, 0.25) is 0 Å². The lowest BCUT2D eigenvalue weighted by atomic mass is 10.1. The largest absolute Gasteiger partial charge is 0.483 e. The fourth-order valence-corrected chi connectivity index (χ4v) is 4.69. The summed E-state index contributed by atoms with van der Waals surface area (Å²) in [5.41, 5.74) is 2.61. The van der Waals surface area contributed by atoms with Crippen LogP contribution in [0.25, 0.3) is 6.08 Å². The predicted octanol–water partition coefficient (Wildman–Crippen LogP) is 5.78. The summed E-state index contributed by atoms with van der Waals surface area (Å²) in [5, 5.41) is 2.68. The Labute approximate surface area is 218 Å². The maximum Gasteiger partial charge on any atom is 0.363 e. The van der Waals surface area contributed by atoms with Crippen LogP contribution in [0.3, 0.4) is 0 Å². The molecule has 0 aliphatic carbocycles. The van der Waals surface area contributed by atoms with E-state index in [4.69, 9.17) is 9.47 Å². The zero-order valence-corrected chi connectivity index (χ0v) is 21.6. The van der Waals surface area contributed by atoms with E-state index in [1.165, 1.54) is 6.92 Å². The SMILES string of the molecule is CC(=O)Nc1ccc(C2=N/C(=C\c3cc(Br)c(OCC(=O)c4ccccc4)c(Br)c3)C(=O)O2)cc1. The van der Waals surface area contributed by atoms with Gasteiger partial charge in [0.1, 0.15) is 5.75 Å². The molecule has 0 bridgehead atoms. The Morgan fingerprint density at radius 3 is 2.31 bits per heavy atom. The van der Waals surface area contributed by atoms with E-state index in [2.05, 4.69) is 42.2 Å². The quantitative estimate of drug-likeness (QED) is 0.212. The number of hydrogen-bond acceptors (Lipinski definition) is 6. The molecule has 1 aliphatic heterocycles.